The molecule has 0 aliphatic rings. The van der Waals surface area contributed by atoms with Crippen molar-refractivity contribution in [1.29, 1.82) is 0 Å². The SMILES string of the molecule is COc1cc2ncnc(Nc3ccccc3CO)c2cc1OC. The molecule has 0 bridgehead atoms. The number of aliphatic hydroxyl groups is 1. The Hall–Kier alpha value is -2.86. The van der Waals surface area contributed by atoms with Crippen LogP contribution in [0.15, 0.2) is 42.7 Å². The summed E-state index contributed by atoms with van der Waals surface area (Å²) >= 11 is 0. The standard InChI is InChI=1S/C17H17N3O3/c1-22-15-7-12-14(8-16(15)23-2)18-10-19-17(12)20-13-6-4-3-5-11(13)9-21/h3-8,10,21H,9H2,1-2H3,(H,18,19,20). The van der Waals surface area contributed by atoms with Crippen LogP contribution in [-0.2, 0) is 6.61 Å². The van der Waals surface area contributed by atoms with Crippen LogP contribution in [0.25, 0.3) is 10.9 Å². The number of nitrogens with zero attached hydrogens (tertiary/aromatic N) is 2. The lowest BCUT2D eigenvalue weighted by Gasteiger charge is -2.13. The second kappa shape index (κ2) is 6.50. The lowest BCUT2D eigenvalue weighted by molar-refractivity contribution is 0.282. The summed E-state index contributed by atoms with van der Waals surface area (Å²) in [5.41, 5.74) is 2.33. The summed E-state index contributed by atoms with van der Waals surface area (Å²) in [5, 5.41) is 13.5. The highest BCUT2D eigenvalue weighted by atomic mass is 16.5. The van der Waals surface area contributed by atoms with Gasteiger partial charge >= 0.3 is 0 Å². The smallest absolute Gasteiger partial charge is 0.162 e. The number of benzene rings is 2. The highest BCUT2D eigenvalue weighted by Crippen LogP contribution is 2.34. The highest BCUT2D eigenvalue weighted by molar-refractivity contribution is 5.93. The molecule has 0 saturated heterocycles. The van der Waals surface area contributed by atoms with E-state index >= 15 is 0 Å². The molecule has 6 heteroatoms. The molecular formula is C17H17N3O3. The van der Waals surface area contributed by atoms with E-state index in [0.717, 1.165) is 22.2 Å². The fourth-order valence-electron chi connectivity index (χ4n) is 2.39. The third-order valence-electron chi connectivity index (χ3n) is 3.58. The number of hydrogen-bond acceptors (Lipinski definition) is 6. The van der Waals surface area contributed by atoms with Crippen molar-refractivity contribution in [2.45, 2.75) is 6.61 Å². The summed E-state index contributed by atoms with van der Waals surface area (Å²) in [6.45, 7) is -0.0522. The van der Waals surface area contributed by atoms with Gasteiger partial charge in [0.05, 0.1) is 26.3 Å². The van der Waals surface area contributed by atoms with E-state index in [1.807, 2.05) is 30.3 Å². The molecule has 0 amide bonds. The van der Waals surface area contributed by atoms with Crippen LogP contribution in [-0.4, -0.2) is 29.3 Å². The van der Waals surface area contributed by atoms with Crippen LogP contribution in [0.5, 0.6) is 11.5 Å². The summed E-state index contributed by atoms with van der Waals surface area (Å²) in [4.78, 5) is 8.58. The third-order valence-corrected chi connectivity index (χ3v) is 3.58. The molecule has 2 aromatic carbocycles. The number of anilines is 2. The molecule has 0 unspecified atom stereocenters. The molecule has 23 heavy (non-hydrogen) atoms. The first-order valence-electron chi connectivity index (χ1n) is 7.09. The molecule has 0 saturated carbocycles. The van der Waals surface area contributed by atoms with E-state index in [9.17, 15) is 5.11 Å². The second-order valence-corrected chi connectivity index (χ2v) is 4.89. The molecule has 3 aromatic rings. The van der Waals surface area contributed by atoms with E-state index in [0.29, 0.717) is 17.3 Å². The van der Waals surface area contributed by atoms with Crippen molar-refractivity contribution in [3.8, 4) is 11.5 Å². The molecule has 0 fully saturated rings. The number of hydrogen-bond donors (Lipinski definition) is 2. The second-order valence-electron chi connectivity index (χ2n) is 4.89. The lowest BCUT2D eigenvalue weighted by Crippen LogP contribution is -2.00. The first-order valence-corrected chi connectivity index (χ1v) is 7.09. The molecule has 0 atom stereocenters. The summed E-state index contributed by atoms with van der Waals surface area (Å²) in [7, 11) is 3.17. The number of rotatable bonds is 5. The average Bonchev–Trinajstić information content (AvgIpc) is 2.61. The number of methoxy groups -OCH3 is 2. The zero-order chi connectivity index (χ0) is 16.2. The summed E-state index contributed by atoms with van der Waals surface area (Å²) in [6, 6.07) is 11.2. The van der Waals surface area contributed by atoms with Gasteiger partial charge in [-0.15, -0.1) is 0 Å². The van der Waals surface area contributed by atoms with Crippen molar-refractivity contribution in [1.82, 2.24) is 9.97 Å². The molecule has 2 N–H and O–H groups in total. The van der Waals surface area contributed by atoms with E-state index in [1.54, 1.807) is 20.3 Å². The molecule has 118 valence electrons. The molecular weight excluding hydrogens is 294 g/mol. The van der Waals surface area contributed by atoms with Gasteiger partial charge in [-0.3, -0.25) is 0 Å². The molecule has 3 rings (SSSR count). The van der Waals surface area contributed by atoms with E-state index in [-0.39, 0.29) is 6.61 Å². The van der Waals surface area contributed by atoms with Crippen LogP contribution in [0.3, 0.4) is 0 Å². The Morgan fingerprint density at radius 2 is 1.78 bits per heavy atom. The molecule has 0 spiro atoms. The Morgan fingerprint density at radius 1 is 1.04 bits per heavy atom. The predicted molar refractivity (Wildman–Crippen MR) is 88.3 cm³/mol. The largest absolute Gasteiger partial charge is 0.493 e. The normalized spacial score (nSPS) is 10.6. The summed E-state index contributed by atoms with van der Waals surface area (Å²) < 4.78 is 10.6. The summed E-state index contributed by atoms with van der Waals surface area (Å²) in [5.74, 6) is 1.85. The maximum absolute atomic E-state index is 9.45. The van der Waals surface area contributed by atoms with Crippen LogP contribution in [0.1, 0.15) is 5.56 Å². The number of ether oxygens (including phenoxy) is 2. The Bertz CT molecular complexity index is 836. The molecule has 1 aromatic heterocycles. The van der Waals surface area contributed by atoms with Gasteiger partial charge in [-0.25, -0.2) is 9.97 Å². The van der Waals surface area contributed by atoms with Gasteiger partial charge in [0.25, 0.3) is 0 Å². The van der Waals surface area contributed by atoms with Gasteiger partial charge in [0.15, 0.2) is 11.5 Å². The Kier molecular flexibility index (Phi) is 4.25. The van der Waals surface area contributed by atoms with Crippen molar-refractivity contribution in [2.24, 2.45) is 0 Å². The van der Waals surface area contributed by atoms with Crippen LogP contribution < -0.4 is 14.8 Å². The fourth-order valence-corrected chi connectivity index (χ4v) is 2.39. The van der Waals surface area contributed by atoms with E-state index < -0.39 is 0 Å². The molecule has 0 aliphatic heterocycles. The zero-order valence-electron chi connectivity index (χ0n) is 12.9. The number of aliphatic hydroxyl groups excluding tert-OH is 1. The average molecular weight is 311 g/mol. The minimum absolute atomic E-state index is 0.0522. The Balaban J connectivity index is 2.10. The van der Waals surface area contributed by atoms with Gasteiger partial charge in [0.1, 0.15) is 12.1 Å². The van der Waals surface area contributed by atoms with Gasteiger partial charge in [-0.1, -0.05) is 18.2 Å². The number of nitrogens with one attached hydrogen (secondary N) is 1. The van der Waals surface area contributed by atoms with Gasteiger partial charge < -0.3 is 19.9 Å². The highest BCUT2D eigenvalue weighted by Gasteiger charge is 2.11. The number of fused-ring (bicyclic) bond motifs is 1. The van der Waals surface area contributed by atoms with Gasteiger partial charge in [0.2, 0.25) is 0 Å². The predicted octanol–water partition coefficient (Wildman–Crippen LogP) is 2.88. The van der Waals surface area contributed by atoms with Crippen molar-refractivity contribution >= 4 is 22.4 Å². The number of para-hydroxylation sites is 1. The van der Waals surface area contributed by atoms with Gasteiger partial charge in [0, 0.05) is 22.7 Å². The molecule has 0 aliphatic carbocycles. The molecule has 1 heterocycles. The number of aromatic nitrogens is 2. The monoisotopic (exact) mass is 311 g/mol. The van der Waals surface area contributed by atoms with Crippen molar-refractivity contribution in [3.05, 3.63) is 48.3 Å². The van der Waals surface area contributed by atoms with Crippen LogP contribution in [0.2, 0.25) is 0 Å². The maximum Gasteiger partial charge on any atom is 0.162 e. The van der Waals surface area contributed by atoms with Crippen molar-refractivity contribution < 1.29 is 14.6 Å². The topological polar surface area (TPSA) is 76.5 Å². The fraction of sp³-hybridized carbons (Fsp3) is 0.176. The Morgan fingerprint density at radius 3 is 2.52 bits per heavy atom. The first-order chi connectivity index (χ1) is 11.3. The maximum atomic E-state index is 9.45. The van der Waals surface area contributed by atoms with Crippen molar-refractivity contribution in [2.75, 3.05) is 19.5 Å². The minimum atomic E-state index is -0.0522. The Labute approximate surface area is 133 Å². The minimum Gasteiger partial charge on any atom is -0.493 e. The lowest BCUT2D eigenvalue weighted by atomic mass is 10.1. The molecule has 6 nitrogen and oxygen atoms in total. The first kappa shape index (κ1) is 15.1. The van der Waals surface area contributed by atoms with Crippen molar-refractivity contribution in [3.63, 3.8) is 0 Å². The van der Waals surface area contributed by atoms with Crippen LogP contribution in [0, 0.1) is 0 Å². The quantitative estimate of drug-likeness (QED) is 0.754. The van der Waals surface area contributed by atoms with Crippen LogP contribution >= 0.6 is 0 Å². The van der Waals surface area contributed by atoms with E-state index in [1.165, 1.54) is 6.33 Å². The summed E-state index contributed by atoms with van der Waals surface area (Å²) in [6.07, 6.45) is 1.48. The zero-order valence-corrected chi connectivity index (χ0v) is 12.9. The van der Waals surface area contributed by atoms with Gasteiger partial charge in [-0.2, -0.15) is 0 Å². The third kappa shape index (κ3) is 2.89. The van der Waals surface area contributed by atoms with Crippen LogP contribution in [0.4, 0.5) is 11.5 Å². The molecule has 0 radical (unpaired) electrons. The van der Waals surface area contributed by atoms with Gasteiger partial charge in [-0.05, 0) is 12.1 Å². The van der Waals surface area contributed by atoms with E-state index in [2.05, 4.69) is 15.3 Å². The van der Waals surface area contributed by atoms with E-state index in [4.69, 9.17) is 9.47 Å².